The summed E-state index contributed by atoms with van der Waals surface area (Å²) in [6, 6.07) is 9.72. The number of ether oxygens (including phenoxy) is 2. The summed E-state index contributed by atoms with van der Waals surface area (Å²) in [5.41, 5.74) is 1.15. The number of nitrogens with one attached hydrogen (secondary N) is 1. The molecule has 0 radical (unpaired) electrons. The Hall–Kier alpha value is -2.30. The standard InChI is InChI=1S/C15H19N3O2/c1-4-20-15-9-14(17-11(2)18-15)16-10-12-5-7-13(19-3)8-6-12/h5-9H,4,10H2,1-3H3,(H,16,17,18). The van der Waals surface area contributed by atoms with E-state index in [9.17, 15) is 0 Å². The molecule has 0 aliphatic carbocycles. The van der Waals surface area contributed by atoms with E-state index in [0.717, 1.165) is 17.1 Å². The van der Waals surface area contributed by atoms with Crippen molar-refractivity contribution < 1.29 is 9.47 Å². The van der Waals surface area contributed by atoms with Gasteiger partial charge in [0.1, 0.15) is 17.4 Å². The van der Waals surface area contributed by atoms with Crippen LogP contribution in [0.3, 0.4) is 0 Å². The average molecular weight is 273 g/mol. The fraction of sp³-hybridized carbons (Fsp3) is 0.333. The van der Waals surface area contributed by atoms with Crippen LogP contribution in [0.2, 0.25) is 0 Å². The summed E-state index contributed by atoms with van der Waals surface area (Å²) in [5.74, 6) is 2.90. The molecule has 0 unspecified atom stereocenters. The maximum Gasteiger partial charge on any atom is 0.218 e. The molecule has 2 rings (SSSR count). The Bertz CT molecular complexity index is 556. The van der Waals surface area contributed by atoms with Crippen LogP contribution in [0.5, 0.6) is 11.6 Å². The Labute approximate surface area is 119 Å². The molecule has 106 valence electrons. The van der Waals surface area contributed by atoms with Gasteiger partial charge >= 0.3 is 0 Å². The highest BCUT2D eigenvalue weighted by atomic mass is 16.5. The summed E-state index contributed by atoms with van der Waals surface area (Å²) < 4.78 is 10.5. The van der Waals surface area contributed by atoms with Gasteiger partial charge in [-0.2, -0.15) is 4.98 Å². The first kappa shape index (κ1) is 14.1. The molecule has 2 aromatic rings. The number of hydrogen-bond donors (Lipinski definition) is 1. The van der Waals surface area contributed by atoms with E-state index in [1.165, 1.54) is 0 Å². The summed E-state index contributed by atoms with van der Waals surface area (Å²) >= 11 is 0. The molecule has 1 heterocycles. The van der Waals surface area contributed by atoms with Crippen molar-refractivity contribution in [2.45, 2.75) is 20.4 Å². The largest absolute Gasteiger partial charge is 0.497 e. The van der Waals surface area contributed by atoms with E-state index in [1.54, 1.807) is 13.2 Å². The van der Waals surface area contributed by atoms with E-state index in [-0.39, 0.29) is 0 Å². The molecule has 5 heteroatoms. The van der Waals surface area contributed by atoms with Gasteiger partial charge in [0.25, 0.3) is 0 Å². The lowest BCUT2D eigenvalue weighted by Crippen LogP contribution is -2.05. The number of hydrogen-bond acceptors (Lipinski definition) is 5. The summed E-state index contributed by atoms with van der Waals surface area (Å²) in [6.07, 6.45) is 0. The Kier molecular flexibility index (Phi) is 4.76. The van der Waals surface area contributed by atoms with Crippen LogP contribution in [-0.4, -0.2) is 23.7 Å². The third-order valence-corrected chi connectivity index (χ3v) is 2.74. The number of benzene rings is 1. The van der Waals surface area contributed by atoms with Gasteiger partial charge in [0.05, 0.1) is 13.7 Å². The van der Waals surface area contributed by atoms with E-state index in [1.807, 2.05) is 38.1 Å². The second-order valence-corrected chi connectivity index (χ2v) is 4.27. The summed E-state index contributed by atoms with van der Waals surface area (Å²) in [7, 11) is 1.66. The molecule has 0 bridgehead atoms. The predicted molar refractivity (Wildman–Crippen MR) is 78.3 cm³/mol. The predicted octanol–water partition coefficient (Wildman–Crippen LogP) is 2.80. The lowest BCUT2D eigenvalue weighted by Gasteiger charge is -2.09. The maximum absolute atomic E-state index is 5.40. The van der Waals surface area contributed by atoms with Crippen molar-refractivity contribution in [1.82, 2.24) is 9.97 Å². The van der Waals surface area contributed by atoms with Crippen molar-refractivity contribution in [2.24, 2.45) is 0 Å². The van der Waals surface area contributed by atoms with E-state index < -0.39 is 0 Å². The molecule has 1 aromatic carbocycles. The van der Waals surface area contributed by atoms with E-state index in [0.29, 0.717) is 24.9 Å². The van der Waals surface area contributed by atoms with Gasteiger partial charge in [-0.3, -0.25) is 0 Å². The van der Waals surface area contributed by atoms with Crippen molar-refractivity contribution in [3.05, 3.63) is 41.7 Å². The van der Waals surface area contributed by atoms with Crippen molar-refractivity contribution in [2.75, 3.05) is 19.0 Å². The fourth-order valence-corrected chi connectivity index (χ4v) is 1.79. The minimum Gasteiger partial charge on any atom is -0.497 e. The first-order chi connectivity index (χ1) is 9.71. The van der Waals surface area contributed by atoms with E-state index in [2.05, 4.69) is 15.3 Å². The van der Waals surface area contributed by atoms with Gasteiger partial charge in [0, 0.05) is 12.6 Å². The molecule has 0 saturated carbocycles. The first-order valence-electron chi connectivity index (χ1n) is 6.56. The van der Waals surface area contributed by atoms with Gasteiger partial charge in [0.15, 0.2) is 0 Å². The van der Waals surface area contributed by atoms with Crippen molar-refractivity contribution in [1.29, 1.82) is 0 Å². The van der Waals surface area contributed by atoms with E-state index in [4.69, 9.17) is 9.47 Å². The number of rotatable bonds is 6. The van der Waals surface area contributed by atoms with E-state index >= 15 is 0 Å². The molecule has 0 aliphatic heterocycles. The smallest absolute Gasteiger partial charge is 0.218 e. The van der Waals surface area contributed by atoms with Gasteiger partial charge in [-0.05, 0) is 31.5 Å². The molecule has 0 amide bonds. The Morgan fingerprint density at radius 2 is 1.90 bits per heavy atom. The highest BCUT2D eigenvalue weighted by molar-refractivity contribution is 5.39. The number of aromatic nitrogens is 2. The molecule has 0 saturated heterocycles. The monoisotopic (exact) mass is 273 g/mol. The van der Waals surface area contributed by atoms with Gasteiger partial charge in [-0.15, -0.1) is 0 Å². The second-order valence-electron chi connectivity index (χ2n) is 4.27. The zero-order valence-corrected chi connectivity index (χ0v) is 12.0. The third kappa shape index (κ3) is 3.85. The van der Waals surface area contributed by atoms with Crippen LogP contribution in [0.25, 0.3) is 0 Å². The lowest BCUT2D eigenvalue weighted by atomic mass is 10.2. The minimum atomic E-state index is 0.592. The van der Waals surface area contributed by atoms with Crippen LogP contribution in [-0.2, 0) is 6.54 Å². The van der Waals surface area contributed by atoms with Gasteiger partial charge in [0.2, 0.25) is 5.88 Å². The summed E-state index contributed by atoms with van der Waals surface area (Å²) in [5, 5.41) is 3.27. The Morgan fingerprint density at radius 1 is 1.15 bits per heavy atom. The molecule has 0 fully saturated rings. The van der Waals surface area contributed by atoms with Crippen LogP contribution in [0, 0.1) is 6.92 Å². The quantitative estimate of drug-likeness (QED) is 0.877. The number of nitrogens with zero attached hydrogens (tertiary/aromatic N) is 2. The SMILES string of the molecule is CCOc1cc(NCc2ccc(OC)cc2)nc(C)n1. The Morgan fingerprint density at radius 3 is 2.55 bits per heavy atom. The van der Waals surface area contributed by atoms with Crippen molar-refractivity contribution in [3.63, 3.8) is 0 Å². The van der Waals surface area contributed by atoms with Gasteiger partial charge in [-0.1, -0.05) is 12.1 Å². The topological polar surface area (TPSA) is 56.3 Å². The highest BCUT2D eigenvalue weighted by Gasteiger charge is 2.02. The van der Waals surface area contributed by atoms with Crippen LogP contribution in [0.4, 0.5) is 5.82 Å². The van der Waals surface area contributed by atoms with Crippen LogP contribution < -0.4 is 14.8 Å². The van der Waals surface area contributed by atoms with Crippen molar-refractivity contribution >= 4 is 5.82 Å². The molecular formula is C15H19N3O2. The normalized spacial score (nSPS) is 10.2. The average Bonchev–Trinajstić information content (AvgIpc) is 2.45. The molecule has 0 atom stereocenters. The second kappa shape index (κ2) is 6.75. The minimum absolute atomic E-state index is 0.592. The van der Waals surface area contributed by atoms with Crippen LogP contribution >= 0.6 is 0 Å². The molecule has 5 nitrogen and oxygen atoms in total. The highest BCUT2D eigenvalue weighted by Crippen LogP contribution is 2.16. The van der Waals surface area contributed by atoms with Crippen LogP contribution in [0.1, 0.15) is 18.3 Å². The lowest BCUT2D eigenvalue weighted by molar-refractivity contribution is 0.325. The van der Waals surface area contributed by atoms with Crippen molar-refractivity contribution in [3.8, 4) is 11.6 Å². The fourth-order valence-electron chi connectivity index (χ4n) is 1.79. The maximum atomic E-state index is 5.40. The first-order valence-corrected chi connectivity index (χ1v) is 6.56. The summed E-state index contributed by atoms with van der Waals surface area (Å²) in [4.78, 5) is 8.55. The van der Waals surface area contributed by atoms with Gasteiger partial charge < -0.3 is 14.8 Å². The molecule has 1 N–H and O–H groups in total. The molecule has 0 aliphatic rings. The number of anilines is 1. The Balaban J connectivity index is 2.02. The summed E-state index contributed by atoms with van der Waals surface area (Å²) in [6.45, 7) is 5.06. The molecule has 1 aromatic heterocycles. The number of methoxy groups -OCH3 is 1. The number of aryl methyl sites for hydroxylation is 1. The third-order valence-electron chi connectivity index (χ3n) is 2.74. The van der Waals surface area contributed by atoms with Crippen LogP contribution in [0.15, 0.2) is 30.3 Å². The molecular weight excluding hydrogens is 254 g/mol. The zero-order valence-electron chi connectivity index (χ0n) is 12.0. The molecule has 20 heavy (non-hydrogen) atoms. The molecule has 0 spiro atoms. The zero-order chi connectivity index (χ0) is 14.4. The van der Waals surface area contributed by atoms with Gasteiger partial charge in [-0.25, -0.2) is 4.98 Å².